The van der Waals surface area contributed by atoms with Crippen LogP contribution >= 0.6 is 0 Å². The first-order valence-electron chi connectivity index (χ1n) is 34.2. The van der Waals surface area contributed by atoms with Crippen LogP contribution in [-0.2, 0) is 26.1 Å². The highest BCUT2D eigenvalue weighted by Gasteiger charge is 2.36. The molecule has 105 heavy (non-hydrogen) atoms. The van der Waals surface area contributed by atoms with Gasteiger partial charge in [-0.2, -0.15) is 15.0 Å². The zero-order chi connectivity index (χ0) is 76.3. The Bertz CT molecular complexity index is 3560. The highest BCUT2D eigenvalue weighted by atomic mass is 19.4. The number of para-hydroxylation sites is 3. The van der Waals surface area contributed by atoms with Crippen LogP contribution in [0.4, 0.5) is 91.9 Å². The second-order valence-corrected chi connectivity index (χ2v) is 25.6. The molecule has 9 rings (SSSR count). The van der Waals surface area contributed by atoms with E-state index in [1.54, 1.807) is 18.2 Å². The molecule has 1 unspecified atom stereocenters. The van der Waals surface area contributed by atoms with Gasteiger partial charge in [0.2, 0.25) is 35.3 Å². The van der Waals surface area contributed by atoms with Crippen LogP contribution in [-0.4, -0.2) is 144 Å². The Morgan fingerprint density at radius 3 is 1.25 bits per heavy atom. The molecule has 0 amide bonds. The van der Waals surface area contributed by atoms with E-state index in [1.165, 1.54) is 54.6 Å². The summed E-state index contributed by atoms with van der Waals surface area (Å²) >= 11 is 0. The van der Waals surface area contributed by atoms with E-state index in [0.717, 1.165) is 102 Å². The van der Waals surface area contributed by atoms with Crippen LogP contribution in [0, 0.1) is 48.1 Å². The molecule has 0 spiro atoms. The van der Waals surface area contributed by atoms with Gasteiger partial charge in [0.25, 0.3) is 0 Å². The van der Waals surface area contributed by atoms with E-state index in [4.69, 9.17) is 11.5 Å². The second-order valence-electron chi connectivity index (χ2n) is 25.6. The minimum atomic E-state index is -4.84. The number of alkyl halides is 9. The number of aromatic nitrogens is 6. The lowest BCUT2D eigenvalue weighted by Gasteiger charge is -2.31. The number of aliphatic hydroxyl groups is 2. The van der Waals surface area contributed by atoms with Crippen molar-refractivity contribution in [2.45, 2.75) is 173 Å². The van der Waals surface area contributed by atoms with Gasteiger partial charge < -0.3 is 78.4 Å². The molecule has 0 radical (unpaired) electrons. The quantitative estimate of drug-likeness (QED) is 0.00788. The van der Waals surface area contributed by atoms with Gasteiger partial charge in [0, 0.05) is 79.6 Å². The third-order valence-electron chi connectivity index (χ3n) is 17.5. The largest absolute Gasteiger partial charge is 0.573 e. The Kier molecular flexibility index (Phi) is 31.6. The van der Waals surface area contributed by atoms with Crippen molar-refractivity contribution in [1.29, 1.82) is 0 Å². The van der Waals surface area contributed by atoms with Crippen molar-refractivity contribution in [3.63, 3.8) is 0 Å². The number of aliphatic hydroxyl groups excluding tert-OH is 2. The number of nitrogens with zero attached hydrogens (tertiary/aromatic N) is 9. The number of hydrogen-bond acceptors (Lipinski definition) is 27. The number of rotatable bonds is 33. The fourth-order valence-electron chi connectivity index (χ4n) is 12.2. The van der Waals surface area contributed by atoms with E-state index in [0.29, 0.717) is 56.0 Å². The number of hydrogen-bond donors (Lipinski definition) is 12. The van der Waals surface area contributed by atoms with E-state index in [2.05, 4.69) is 86.6 Å². The number of nitro groups is 3. The molecule has 3 heterocycles. The van der Waals surface area contributed by atoms with Crippen LogP contribution in [0.5, 0.6) is 17.2 Å². The maximum atomic E-state index is 12.7. The third-order valence-corrected chi connectivity index (χ3v) is 17.5. The van der Waals surface area contributed by atoms with Crippen LogP contribution in [0.3, 0.4) is 0 Å². The van der Waals surface area contributed by atoms with Crippen molar-refractivity contribution >= 4 is 52.4 Å². The predicted octanol–water partition coefficient (Wildman–Crippen LogP) is 11.2. The van der Waals surface area contributed by atoms with E-state index >= 15 is 0 Å². The summed E-state index contributed by atoms with van der Waals surface area (Å²) in [7, 11) is 0. The molecule has 0 saturated heterocycles. The predicted molar refractivity (Wildman–Crippen MR) is 371 cm³/mol. The molecule has 6 aromatic rings. The Balaban J connectivity index is 0.000000220. The molecule has 3 fully saturated rings. The number of ether oxygens (including phenoxy) is 3. The highest BCUT2D eigenvalue weighted by molar-refractivity contribution is 5.60. The number of halogens is 9. The number of anilines is 6. The molecule has 14 N–H and O–H groups in total. The lowest BCUT2D eigenvalue weighted by atomic mass is 9.83. The molecule has 576 valence electrons. The van der Waals surface area contributed by atoms with Crippen LogP contribution in [0.15, 0.2) is 85.2 Å². The average Bonchev–Trinajstić information content (AvgIpc) is 0.830. The molecular formula is C66H88F9N19O11. The molecule has 2 atom stereocenters. The second kappa shape index (κ2) is 40.1. The van der Waals surface area contributed by atoms with Gasteiger partial charge in [0.05, 0.1) is 28.0 Å². The van der Waals surface area contributed by atoms with E-state index < -0.39 is 33.9 Å². The fourth-order valence-corrected chi connectivity index (χ4v) is 12.2. The van der Waals surface area contributed by atoms with Crippen molar-refractivity contribution in [1.82, 2.24) is 45.9 Å². The van der Waals surface area contributed by atoms with Crippen molar-refractivity contribution in [3.8, 4) is 17.2 Å². The summed E-state index contributed by atoms with van der Waals surface area (Å²) in [6.45, 7) is 6.24. The number of nitrogen functional groups attached to an aromatic ring is 1. The van der Waals surface area contributed by atoms with E-state index in [1.807, 2.05) is 13.8 Å². The fraction of sp³-hybridized carbons (Fsp3) is 0.545. The van der Waals surface area contributed by atoms with Gasteiger partial charge in [-0.05, 0) is 153 Å². The molecule has 0 bridgehead atoms. The van der Waals surface area contributed by atoms with E-state index in [-0.39, 0.29) is 143 Å². The maximum absolute atomic E-state index is 12.7. The molecule has 3 saturated carbocycles. The summed E-state index contributed by atoms with van der Waals surface area (Å²) in [5.41, 5.74) is 11.4. The molecule has 3 aromatic carbocycles. The number of nitrogens with two attached hydrogens (primary N) is 2. The summed E-state index contributed by atoms with van der Waals surface area (Å²) in [5, 5.41) is 77.6. The first kappa shape index (κ1) is 82.7. The summed E-state index contributed by atoms with van der Waals surface area (Å²) in [5.74, 6) is -0.410. The summed E-state index contributed by atoms with van der Waals surface area (Å²) in [6, 6.07) is 18.1. The van der Waals surface area contributed by atoms with Gasteiger partial charge >= 0.3 is 36.1 Å². The van der Waals surface area contributed by atoms with Crippen molar-refractivity contribution in [3.05, 3.63) is 138 Å². The zero-order valence-corrected chi connectivity index (χ0v) is 57.6. The average molecular weight is 1490 g/mol. The molecule has 3 aliphatic rings. The van der Waals surface area contributed by atoms with Crippen molar-refractivity contribution in [2.24, 2.45) is 23.5 Å². The first-order valence-corrected chi connectivity index (χ1v) is 34.2. The Labute approximate surface area is 598 Å². The Hall–Kier alpha value is -9.57. The van der Waals surface area contributed by atoms with Crippen LogP contribution in [0.25, 0.3) is 0 Å². The highest BCUT2D eigenvalue weighted by Crippen LogP contribution is 2.36. The normalized spacial score (nSPS) is 18.8. The van der Waals surface area contributed by atoms with E-state index in [9.17, 15) is 80.1 Å². The molecule has 30 nitrogen and oxygen atoms in total. The molecule has 3 aliphatic carbocycles. The molecule has 39 heteroatoms. The monoisotopic (exact) mass is 1490 g/mol. The topological polar surface area (TPSA) is 423 Å². The van der Waals surface area contributed by atoms with Crippen LogP contribution < -0.4 is 68.2 Å². The molecular weight excluding hydrogens is 1410 g/mol. The molecule has 3 aromatic heterocycles. The minimum Gasteiger partial charge on any atom is -0.405 e. The Morgan fingerprint density at radius 1 is 0.514 bits per heavy atom. The SMILES string of the molecule is CC(CO)NC1CCC(CNc2nc(NCc3ccccc3OC(F)(F)F)ncc2[N+](=O)[O-])CC1.C[C@@H](CO)NC1CCC(CNc2nc(NCc3ccccc3OC(F)(F)F)ncc2[N+](=O)[O-])CC1.NCCCNC1CCC(Cc2nc(NCc3ccccc3OC(F)(F)F)nc(N)c2[N+](=O)[O-])CC1. The van der Waals surface area contributed by atoms with Gasteiger partial charge in [-0.25, -0.2) is 15.0 Å². The smallest absolute Gasteiger partial charge is 0.405 e. The van der Waals surface area contributed by atoms with Gasteiger partial charge in [-0.3, -0.25) is 30.3 Å². The minimum absolute atomic E-state index is 0.00190. The van der Waals surface area contributed by atoms with Crippen molar-refractivity contribution < 1.29 is 78.7 Å². The zero-order valence-electron chi connectivity index (χ0n) is 57.6. The number of nitrogens with one attached hydrogen (secondary N) is 8. The summed E-state index contributed by atoms with van der Waals surface area (Å²) in [6.07, 6.45) is -0.00295. The third kappa shape index (κ3) is 28.4. The maximum Gasteiger partial charge on any atom is 0.573 e. The lowest BCUT2D eigenvalue weighted by Crippen LogP contribution is -2.41. The van der Waals surface area contributed by atoms with Gasteiger partial charge in [0.1, 0.15) is 35.3 Å². The first-order chi connectivity index (χ1) is 49.9. The van der Waals surface area contributed by atoms with Crippen molar-refractivity contribution in [2.75, 3.05) is 71.7 Å². The van der Waals surface area contributed by atoms with Gasteiger partial charge in [-0.15, -0.1) is 39.5 Å². The summed E-state index contributed by atoms with van der Waals surface area (Å²) in [4.78, 5) is 57.2. The Morgan fingerprint density at radius 2 is 0.886 bits per heavy atom. The molecule has 0 aliphatic heterocycles. The summed E-state index contributed by atoms with van der Waals surface area (Å²) < 4.78 is 126. The van der Waals surface area contributed by atoms with Crippen LogP contribution in [0.2, 0.25) is 0 Å². The van der Waals surface area contributed by atoms with Gasteiger partial charge in [0.15, 0.2) is 0 Å². The van der Waals surface area contributed by atoms with Gasteiger partial charge in [-0.1, -0.05) is 54.6 Å². The standard InChI is InChI=1S/C22H30F3N7O3.2C22H29F3N6O4/c23-22(24,25)35-18-5-2-1-4-15(18)13-29-21-30-17(19(32(33)34)20(27)31-21)12-14-6-8-16(9-7-14)28-11-3-10-26;2*1-14(13-32)29-17-8-6-15(7-9-17)10-26-20-18(31(33)34)12-28-21(30-20)27-11-16-4-2-3-5-19(16)35-22(23,24)25/h1-2,4-5,14,16,28H,3,6-13,26H2,(H3,27,29,30,31);2*2-5,12,14-15,17,29,32H,6-11,13H2,1H3,(H2,26,27,28,30)/t;14-,15?,17?;/m.0./s1. The number of benzene rings is 3. The lowest BCUT2D eigenvalue weighted by molar-refractivity contribution is -0.385. The van der Waals surface area contributed by atoms with Crippen LogP contribution in [0.1, 0.15) is 120 Å².